The Morgan fingerprint density at radius 3 is 2.43 bits per heavy atom. The van der Waals surface area contributed by atoms with Gasteiger partial charge in [-0.05, 0) is 45.1 Å². The molecule has 2 N–H and O–H groups in total. The van der Waals surface area contributed by atoms with Crippen molar-refractivity contribution in [2.75, 3.05) is 13.1 Å². The van der Waals surface area contributed by atoms with Crippen molar-refractivity contribution in [3.05, 3.63) is 0 Å². The van der Waals surface area contributed by atoms with Crippen LogP contribution in [-0.4, -0.2) is 29.9 Å². The van der Waals surface area contributed by atoms with E-state index in [0.717, 1.165) is 25.8 Å². The summed E-state index contributed by atoms with van der Waals surface area (Å²) in [5.74, 6) is 0.775. The van der Waals surface area contributed by atoms with E-state index in [2.05, 4.69) is 4.90 Å². The van der Waals surface area contributed by atoms with Gasteiger partial charge in [0.05, 0.1) is 0 Å². The fourth-order valence-electron chi connectivity index (χ4n) is 2.00. The molecule has 3 heteroatoms. The molecule has 0 aromatic heterocycles. The highest BCUT2D eigenvalue weighted by Crippen LogP contribution is 2.34. The highest BCUT2D eigenvalue weighted by Gasteiger charge is 2.37. The number of hydrogen-bond acceptors (Lipinski definition) is 2. The van der Waals surface area contributed by atoms with Crippen LogP contribution in [0.15, 0.2) is 0 Å². The largest absolute Gasteiger partial charge is 0.339 e. The van der Waals surface area contributed by atoms with Crippen molar-refractivity contribution in [1.82, 2.24) is 4.90 Å². The predicted molar refractivity (Wildman–Crippen MR) is 55.7 cm³/mol. The second-order valence-electron chi connectivity index (χ2n) is 4.53. The van der Waals surface area contributed by atoms with Gasteiger partial charge in [-0.1, -0.05) is 0 Å². The molecule has 14 heavy (non-hydrogen) atoms. The predicted octanol–water partition coefficient (Wildman–Crippen LogP) is 1.13. The van der Waals surface area contributed by atoms with Crippen molar-refractivity contribution in [1.29, 1.82) is 0 Å². The molecule has 0 aromatic rings. The highest BCUT2D eigenvalue weighted by molar-refractivity contribution is 5.81. The van der Waals surface area contributed by atoms with Gasteiger partial charge in [-0.2, -0.15) is 0 Å². The molecule has 0 spiro atoms. The van der Waals surface area contributed by atoms with E-state index < -0.39 is 0 Å². The first-order valence-corrected chi connectivity index (χ1v) is 5.83. The molecule has 0 heterocycles. The average Bonchev–Trinajstić information content (AvgIpc) is 2.90. The van der Waals surface area contributed by atoms with Crippen LogP contribution in [0.4, 0.5) is 0 Å². The number of nitrogens with two attached hydrogens (primary N) is 1. The molecule has 2 fully saturated rings. The van der Waals surface area contributed by atoms with Crippen LogP contribution in [0.2, 0.25) is 0 Å². The minimum absolute atomic E-state index is 0.369. The standard InChI is InChI=1S/C11H20N2O/c12-7-2-8-13(10-3-1-4-10)11(14)9-5-6-9/h9-10H,1-8,12H2. The van der Waals surface area contributed by atoms with Gasteiger partial charge in [-0.15, -0.1) is 0 Å². The van der Waals surface area contributed by atoms with Crippen molar-refractivity contribution in [3.8, 4) is 0 Å². The summed E-state index contributed by atoms with van der Waals surface area (Å²) in [7, 11) is 0. The molecule has 2 saturated carbocycles. The Labute approximate surface area is 85.6 Å². The molecule has 0 atom stereocenters. The number of rotatable bonds is 5. The molecular weight excluding hydrogens is 176 g/mol. The number of nitrogens with zero attached hydrogens (tertiary/aromatic N) is 1. The first-order chi connectivity index (χ1) is 6.83. The van der Waals surface area contributed by atoms with Crippen LogP contribution in [0.5, 0.6) is 0 Å². The molecule has 0 aromatic carbocycles. The Hall–Kier alpha value is -0.570. The van der Waals surface area contributed by atoms with Crippen molar-refractivity contribution < 1.29 is 4.79 Å². The molecule has 0 saturated heterocycles. The fraction of sp³-hybridized carbons (Fsp3) is 0.909. The summed E-state index contributed by atoms with van der Waals surface area (Å²) in [4.78, 5) is 14.0. The van der Waals surface area contributed by atoms with Crippen molar-refractivity contribution in [3.63, 3.8) is 0 Å². The monoisotopic (exact) mass is 196 g/mol. The van der Waals surface area contributed by atoms with Gasteiger partial charge in [0.15, 0.2) is 0 Å². The van der Waals surface area contributed by atoms with E-state index in [1.54, 1.807) is 0 Å². The summed E-state index contributed by atoms with van der Waals surface area (Å²) in [6.07, 6.45) is 6.90. The zero-order chi connectivity index (χ0) is 9.97. The van der Waals surface area contributed by atoms with E-state index >= 15 is 0 Å². The molecule has 0 radical (unpaired) electrons. The zero-order valence-corrected chi connectivity index (χ0v) is 8.74. The minimum atomic E-state index is 0.369. The Morgan fingerprint density at radius 2 is 2.00 bits per heavy atom. The number of carbonyl (C=O) groups is 1. The molecule has 1 amide bonds. The average molecular weight is 196 g/mol. The summed E-state index contributed by atoms with van der Waals surface area (Å²) < 4.78 is 0. The van der Waals surface area contributed by atoms with Gasteiger partial charge >= 0.3 is 0 Å². The van der Waals surface area contributed by atoms with E-state index in [1.807, 2.05) is 0 Å². The van der Waals surface area contributed by atoms with Gasteiger partial charge in [0.2, 0.25) is 5.91 Å². The Morgan fingerprint density at radius 1 is 1.29 bits per heavy atom. The van der Waals surface area contributed by atoms with Crippen LogP contribution in [0, 0.1) is 5.92 Å². The van der Waals surface area contributed by atoms with Crippen LogP contribution < -0.4 is 5.73 Å². The highest BCUT2D eigenvalue weighted by atomic mass is 16.2. The van der Waals surface area contributed by atoms with Gasteiger partial charge < -0.3 is 10.6 Å². The number of amides is 1. The van der Waals surface area contributed by atoms with Crippen molar-refractivity contribution in [2.24, 2.45) is 11.7 Å². The number of hydrogen-bond donors (Lipinski definition) is 1. The maximum atomic E-state index is 11.9. The van der Waals surface area contributed by atoms with Crippen LogP contribution in [-0.2, 0) is 4.79 Å². The quantitative estimate of drug-likeness (QED) is 0.716. The molecule has 3 nitrogen and oxygen atoms in total. The minimum Gasteiger partial charge on any atom is -0.339 e. The Kier molecular flexibility index (Phi) is 3.06. The van der Waals surface area contributed by atoms with Gasteiger partial charge in [0.25, 0.3) is 0 Å². The maximum absolute atomic E-state index is 11.9. The smallest absolute Gasteiger partial charge is 0.225 e. The molecule has 80 valence electrons. The summed E-state index contributed by atoms with van der Waals surface area (Å²) in [5, 5.41) is 0. The molecule has 0 aliphatic heterocycles. The van der Waals surface area contributed by atoms with E-state index in [-0.39, 0.29) is 0 Å². The van der Waals surface area contributed by atoms with Crippen LogP contribution in [0.3, 0.4) is 0 Å². The summed E-state index contributed by atoms with van der Waals surface area (Å²) in [6.45, 7) is 1.58. The van der Waals surface area contributed by atoms with Gasteiger partial charge in [0, 0.05) is 18.5 Å². The third-order valence-electron chi connectivity index (χ3n) is 3.33. The Bertz CT molecular complexity index is 209. The summed E-state index contributed by atoms with van der Waals surface area (Å²) in [6, 6.07) is 0.551. The lowest BCUT2D eigenvalue weighted by molar-refractivity contribution is -0.136. The molecular formula is C11H20N2O. The summed E-state index contributed by atoms with van der Waals surface area (Å²) in [5.41, 5.74) is 5.49. The van der Waals surface area contributed by atoms with Gasteiger partial charge in [-0.25, -0.2) is 0 Å². The van der Waals surface area contributed by atoms with E-state index in [0.29, 0.717) is 24.4 Å². The van der Waals surface area contributed by atoms with Gasteiger partial charge in [0.1, 0.15) is 0 Å². The lowest BCUT2D eigenvalue weighted by Crippen LogP contribution is -2.45. The Balaban J connectivity index is 1.86. The van der Waals surface area contributed by atoms with Crippen molar-refractivity contribution in [2.45, 2.75) is 44.6 Å². The van der Waals surface area contributed by atoms with Crippen molar-refractivity contribution >= 4 is 5.91 Å². The summed E-state index contributed by atoms with van der Waals surface area (Å²) >= 11 is 0. The van der Waals surface area contributed by atoms with E-state index in [4.69, 9.17) is 5.73 Å². The number of carbonyl (C=O) groups excluding carboxylic acids is 1. The topological polar surface area (TPSA) is 46.3 Å². The first-order valence-electron chi connectivity index (χ1n) is 5.83. The third-order valence-corrected chi connectivity index (χ3v) is 3.33. The lowest BCUT2D eigenvalue weighted by Gasteiger charge is -2.37. The fourth-order valence-corrected chi connectivity index (χ4v) is 2.00. The van der Waals surface area contributed by atoms with Crippen LogP contribution in [0.1, 0.15) is 38.5 Å². The van der Waals surface area contributed by atoms with Gasteiger partial charge in [-0.3, -0.25) is 4.79 Å². The van der Waals surface area contributed by atoms with Crippen LogP contribution in [0.25, 0.3) is 0 Å². The molecule has 2 aliphatic carbocycles. The molecule has 0 unspecified atom stereocenters. The second kappa shape index (κ2) is 4.30. The van der Waals surface area contributed by atoms with E-state index in [1.165, 1.54) is 19.3 Å². The molecule has 2 aliphatic rings. The SMILES string of the molecule is NCCCN(C(=O)C1CC1)C1CCC1. The first kappa shape index (κ1) is 9.97. The molecule has 2 rings (SSSR count). The van der Waals surface area contributed by atoms with E-state index in [9.17, 15) is 4.79 Å². The van der Waals surface area contributed by atoms with Crippen LogP contribution >= 0.6 is 0 Å². The lowest BCUT2D eigenvalue weighted by atomic mass is 9.91. The zero-order valence-electron chi connectivity index (χ0n) is 8.74. The third kappa shape index (κ3) is 2.08. The maximum Gasteiger partial charge on any atom is 0.225 e. The molecule has 0 bridgehead atoms. The normalized spacial score (nSPS) is 21.8. The second-order valence-corrected chi connectivity index (χ2v) is 4.53.